The van der Waals surface area contributed by atoms with Crippen molar-refractivity contribution in [3.8, 4) is 0 Å². The van der Waals surface area contributed by atoms with Crippen LogP contribution in [0.1, 0.15) is 6.92 Å². The van der Waals surface area contributed by atoms with Crippen LogP contribution in [0.3, 0.4) is 0 Å². The lowest BCUT2D eigenvalue weighted by Crippen LogP contribution is -2.44. The third-order valence-electron chi connectivity index (χ3n) is 3.11. The van der Waals surface area contributed by atoms with Crippen LogP contribution < -0.4 is 10.2 Å². The molecule has 98 valence electrons. The van der Waals surface area contributed by atoms with E-state index in [-0.39, 0.29) is 11.7 Å². The fraction of sp³-hybridized carbons (Fsp3) is 0.462. The summed E-state index contributed by atoms with van der Waals surface area (Å²) >= 11 is 0. The monoisotopic (exact) mass is 251 g/mol. The van der Waals surface area contributed by atoms with Gasteiger partial charge in [0.15, 0.2) is 0 Å². The highest BCUT2D eigenvalue weighted by Gasteiger charge is 2.17. The van der Waals surface area contributed by atoms with Gasteiger partial charge >= 0.3 is 0 Å². The Labute approximate surface area is 106 Å². The number of benzene rings is 1. The fourth-order valence-electron chi connectivity index (χ4n) is 2.09. The molecule has 1 aromatic rings. The molecule has 1 saturated heterocycles. The smallest absolute Gasteiger partial charge is 0.221 e. The summed E-state index contributed by atoms with van der Waals surface area (Å²) in [7, 11) is 2.06. The maximum Gasteiger partial charge on any atom is 0.221 e. The second-order valence-corrected chi connectivity index (χ2v) is 4.64. The quantitative estimate of drug-likeness (QED) is 0.866. The minimum atomic E-state index is -0.286. The Morgan fingerprint density at radius 3 is 2.50 bits per heavy atom. The zero-order chi connectivity index (χ0) is 13.1. The molecule has 1 aromatic carbocycles. The van der Waals surface area contributed by atoms with Crippen LogP contribution in [0.4, 0.5) is 15.8 Å². The molecule has 0 aliphatic carbocycles. The highest BCUT2D eigenvalue weighted by molar-refractivity contribution is 5.88. The average molecular weight is 251 g/mol. The lowest BCUT2D eigenvalue weighted by atomic mass is 10.2. The number of hydrogen-bond donors (Lipinski definition) is 1. The van der Waals surface area contributed by atoms with Crippen LogP contribution >= 0.6 is 0 Å². The molecule has 5 heteroatoms. The van der Waals surface area contributed by atoms with Gasteiger partial charge in [-0.15, -0.1) is 0 Å². The second-order valence-electron chi connectivity index (χ2n) is 4.64. The standard InChI is InChI=1S/C13H18FN3O/c1-10(18)15-11-3-4-13(12(14)9-11)17-7-5-16(2)6-8-17/h3-4,9H,5-8H2,1-2H3,(H,15,18). The zero-order valence-electron chi connectivity index (χ0n) is 10.7. The van der Waals surface area contributed by atoms with Crippen molar-refractivity contribution in [2.24, 2.45) is 0 Å². The molecule has 0 atom stereocenters. The van der Waals surface area contributed by atoms with Crippen molar-refractivity contribution < 1.29 is 9.18 Å². The third kappa shape index (κ3) is 2.98. The molecule has 18 heavy (non-hydrogen) atoms. The lowest BCUT2D eigenvalue weighted by molar-refractivity contribution is -0.114. The number of likely N-dealkylation sites (N-methyl/N-ethyl adjacent to an activating group) is 1. The molecule has 1 aliphatic rings. The Bertz CT molecular complexity index is 442. The summed E-state index contributed by atoms with van der Waals surface area (Å²) in [6.45, 7) is 4.94. The molecule has 0 radical (unpaired) electrons. The van der Waals surface area contributed by atoms with E-state index >= 15 is 0 Å². The first-order valence-electron chi connectivity index (χ1n) is 6.07. The van der Waals surface area contributed by atoms with Crippen LogP contribution in [-0.4, -0.2) is 44.0 Å². The molecular formula is C13H18FN3O. The normalized spacial score (nSPS) is 16.7. The predicted molar refractivity (Wildman–Crippen MR) is 70.4 cm³/mol. The van der Waals surface area contributed by atoms with E-state index in [1.807, 2.05) is 4.90 Å². The summed E-state index contributed by atoms with van der Waals surface area (Å²) in [4.78, 5) is 15.2. The molecule has 0 spiro atoms. The van der Waals surface area contributed by atoms with Crippen molar-refractivity contribution in [3.05, 3.63) is 24.0 Å². The van der Waals surface area contributed by atoms with E-state index in [1.54, 1.807) is 12.1 Å². The van der Waals surface area contributed by atoms with Crippen LogP contribution in [0.2, 0.25) is 0 Å². The fourth-order valence-corrected chi connectivity index (χ4v) is 2.09. The number of hydrogen-bond acceptors (Lipinski definition) is 3. The summed E-state index contributed by atoms with van der Waals surface area (Å²) in [5.74, 6) is -0.479. The molecule has 0 unspecified atom stereocenters. The summed E-state index contributed by atoms with van der Waals surface area (Å²) < 4.78 is 14.0. The van der Waals surface area contributed by atoms with E-state index in [1.165, 1.54) is 13.0 Å². The maximum atomic E-state index is 14.0. The average Bonchev–Trinajstić information content (AvgIpc) is 2.30. The number of piperazine rings is 1. The van der Waals surface area contributed by atoms with Crippen LogP contribution in [0, 0.1) is 5.82 Å². The highest BCUT2D eigenvalue weighted by atomic mass is 19.1. The van der Waals surface area contributed by atoms with Crippen molar-refractivity contribution in [2.45, 2.75) is 6.92 Å². The Morgan fingerprint density at radius 1 is 1.28 bits per heavy atom. The minimum absolute atomic E-state index is 0.193. The molecule has 2 rings (SSSR count). The van der Waals surface area contributed by atoms with Gasteiger partial charge in [0, 0.05) is 38.8 Å². The Kier molecular flexibility index (Phi) is 3.81. The lowest BCUT2D eigenvalue weighted by Gasteiger charge is -2.34. The van der Waals surface area contributed by atoms with Crippen LogP contribution in [-0.2, 0) is 4.79 Å². The number of carbonyl (C=O) groups is 1. The molecule has 0 aromatic heterocycles. The minimum Gasteiger partial charge on any atom is -0.367 e. The number of rotatable bonds is 2. The van der Waals surface area contributed by atoms with Gasteiger partial charge in [0.1, 0.15) is 5.82 Å². The van der Waals surface area contributed by atoms with Crippen molar-refractivity contribution in [2.75, 3.05) is 43.4 Å². The van der Waals surface area contributed by atoms with Crippen LogP contribution in [0.5, 0.6) is 0 Å². The van der Waals surface area contributed by atoms with E-state index in [0.717, 1.165) is 26.2 Å². The third-order valence-corrected chi connectivity index (χ3v) is 3.11. The van der Waals surface area contributed by atoms with Crippen molar-refractivity contribution in [1.29, 1.82) is 0 Å². The number of amides is 1. The van der Waals surface area contributed by atoms with Gasteiger partial charge in [-0.25, -0.2) is 4.39 Å². The number of nitrogens with one attached hydrogen (secondary N) is 1. The maximum absolute atomic E-state index is 14.0. The molecule has 1 amide bonds. The van der Waals surface area contributed by atoms with Gasteiger partial charge < -0.3 is 15.1 Å². The highest BCUT2D eigenvalue weighted by Crippen LogP contribution is 2.23. The molecule has 1 heterocycles. The van der Waals surface area contributed by atoms with Crippen LogP contribution in [0.15, 0.2) is 18.2 Å². The molecule has 1 fully saturated rings. The largest absolute Gasteiger partial charge is 0.367 e. The van der Waals surface area contributed by atoms with E-state index in [2.05, 4.69) is 17.3 Å². The van der Waals surface area contributed by atoms with Gasteiger partial charge in [-0.2, -0.15) is 0 Å². The summed E-state index contributed by atoms with van der Waals surface area (Å²) in [5, 5.41) is 2.58. The van der Waals surface area contributed by atoms with Gasteiger partial charge in [-0.05, 0) is 25.2 Å². The SMILES string of the molecule is CC(=O)Nc1ccc(N2CCN(C)CC2)c(F)c1. The molecular weight excluding hydrogens is 233 g/mol. The molecule has 1 aliphatic heterocycles. The Balaban J connectivity index is 2.12. The van der Waals surface area contributed by atoms with E-state index in [9.17, 15) is 9.18 Å². The first kappa shape index (κ1) is 12.8. The number of nitrogens with zero attached hydrogens (tertiary/aromatic N) is 2. The summed E-state index contributed by atoms with van der Waals surface area (Å²) in [5.41, 5.74) is 1.11. The number of halogens is 1. The second kappa shape index (κ2) is 5.35. The van der Waals surface area contributed by atoms with Gasteiger partial charge in [0.25, 0.3) is 0 Å². The van der Waals surface area contributed by atoms with Crippen molar-refractivity contribution >= 4 is 17.3 Å². The predicted octanol–water partition coefficient (Wildman–Crippen LogP) is 1.54. The van der Waals surface area contributed by atoms with Gasteiger partial charge in [-0.3, -0.25) is 4.79 Å². The van der Waals surface area contributed by atoms with Gasteiger partial charge in [-0.1, -0.05) is 0 Å². The van der Waals surface area contributed by atoms with Crippen molar-refractivity contribution in [3.63, 3.8) is 0 Å². The van der Waals surface area contributed by atoms with E-state index in [4.69, 9.17) is 0 Å². The number of carbonyl (C=O) groups excluding carboxylic acids is 1. The first-order chi connectivity index (χ1) is 8.56. The molecule has 1 N–H and O–H groups in total. The van der Waals surface area contributed by atoms with E-state index in [0.29, 0.717) is 11.4 Å². The first-order valence-corrected chi connectivity index (χ1v) is 6.07. The van der Waals surface area contributed by atoms with Gasteiger partial charge in [0.2, 0.25) is 5.91 Å². The molecule has 0 saturated carbocycles. The van der Waals surface area contributed by atoms with Crippen LogP contribution in [0.25, 0.3) is 0 Å². The zero-order valence-corrected chi connectivity index (χ0v) is 10.7. The van der Waals surface area contributed by atoms with Gasteiger partial charge in [0.05, 0.1) is 5.69 Å². The van der Waals surface area contributed by atoms with E-state index < -0.39 is 0 Å². The topological polar surface area (TPSA) is 35.6 Å². The molecule has 4 nitrogen and oxygen atoms in total. The molecule has 0 bridgehead atoms. The Hall–Kier alpha value is -1.62. The number of anilines is 2. The summed E-state index contributed by atoms with van der Waals surface area (Å²) in [6, 6.07) is 4.83. The van der Waals surface area contributed by atoms with Crippen molar-refractivity contribution in [1.82, 2.24) is 4.90 Å². The Morgan fingerprint density at radius 2 is 1.94 bits per heavy atom. The summed E-state index contributed by atoms with van der Waals surface area (Å²) in [6.07, 6.45) is 0.